The molecule has 4 rings (SSSR count). The minimum Gasteiger partial charge on any atom is -0.496 e. The highest BCUT2D eigenvalue weighted by Crippen LogP contribution is 2.47. The Labute approximate surface area is 236 Å². The molecule has 0 bridgehead atoms. The first-order valence-corrected chi connectivity index (χ1v) is 13.6. The van der Waals surface area contributed by atoms with E-state index in [2.05, 4.69) is 6.07 Å². The van der Waals surface area contributed by atoms with Crippen LogP contribution in [0.15, 0.2) is 66.7 Å². The van der Waals surface area contributed by atoms with E-state index < -0.39 is 6.10 Å². The van der Waals surface area contributed by atoms with Gasteiger partial charge in [-0.3, -0.25) is 4.79 Å². The number of benzene rings is 4. The second-order valence-electron chi connectivity index (χ2n) is 10.5. The van der Waals surface area contributed by atoms with E-state index in [-0.39, 0.29) is 18.0 Å². The number of aliphatic hydroxyl groups excluding tert-OH is 1. The summed E-state index contributed by atoms with van der Waals surface area (Å²) in [5.74, 6) is 1.99. The molecule has 6 nitrogen and oxygen atoms in total. The molecule has 210 valence electrons. The molecule has 0 heterocycles. The number of fused-ring (bicyclic) bond motifs is 1. The van der Waals surface area contributed by atoms with Gasteiger partial charge in [-0.15, -0.1) is 0 Å². The number of rotatable bonds is 11. The Kier molecular flexibility index (Phi) is 9.00. The molecular formula is C34H38O6. The lowest BCUT2D eigenvalue weighted by molar-refractivity contribution is -0.125. The predicted octanol–water partition coefficient (Wildman–Crippen LogP) is 7.60. The van der Waals surface area contributed by atoms with E-state index in [1.165, 1.54) is 6.92 Å². The van der Waals surface area contributed by atoms with Gasteiger partial charge in [-0.2, -0.15) is 0 Å². The van der Waals surface area contributed by atoms with Gasteiger partial charge in [0.15, 0.2) is 5.78 Å². The lowest BCUT2D eigenvalue weighted by Crippen LogP contribution is -2.14. The summed E-state index contributed by atoms with van der Waals surface area (Å²) in [5, 5.41) is 12.8. The van der Waals surface area contributed by atoms with Gasteiger partial charge < -0.3 is 24.1 Å². The number of carbonyl (C=O) groups is 1. The van der Waals surface area contributed by atoms with E-state index in [1.807, 2.05) is 89.2 Å². The SMILES string of the molecule is COc1cc(C)cc2c(-c3c(OC(C)C)cc(OC(C)C)cc3[C@H](O)C(C)=O)ccc(OCc3ccccc3)c12. The van der Waals surface area contributed by atoms with Crippen molar-refractivity contribution in [3.63, 3.8) is 0 Å². The molecule has 0 amide bonds. The van der Waals surface area contributed by atoms with Gasteiger partial charge in [-0.1, -0.05) is 36.4 Å². The zero-order valence-corrected chi connectivity index (χ0v) is 24.3. The number of carbonyl (C=O) groups excluding carboxylic acids is 1. The Bertz CT molecular complexity index is 1490. The van der Waals surface area contributed by atoms with Crippen LogP contribution in [-0.4, -0.2) is 30.2 Å². The smallest absolute Gasteiger partial charge is 0.162 e. The molecule has 0 aliphatic carbocycles. The van der Waals surface area contributed by atoms with Crippen molar-refractivity contribution in [3.8, 4) is 34.1 Å². The van der Waals surface area contributed by atoms with Crippen LogP contribution in [0.1, 0.15) is 57.4 Å². The van der Waals surface area contributed by atoms with Crippen LogP contribution in [0.5, 0.6) is 23.0 Å². The van der Waals surface area contributed by atoms with Crippen molar-refractivity contribution in [1.82, 2.24) is 0 Å². The van der Waals surface area contributed by atoms with Crippen LogP contribution in [0.25, 0.3) is 21.9 Å². The van der Waals surface area contributed by atoms with Crippen molar-refractivity contribution in [2.24, 2.45) is 0 Å². The fourth-order valence-electron chi connectivity index (χ4n) is 4.81. The van der Waals surface area contributed by atoms with Crippen LogP contribution in [0, 0.1) is 6.92 Å². The number of ether oxygens (including phenoxy) is 4. The molecule has 0 aliphatic heterocycles. The number of hydrogen-bond donors (Lipinski definition) is 1. The van der Waals surface area contributed by atoms with Crippen molar-refractivity contribution in [2.75, 3.05) is 7.11 Å². The van der Waals surface area contributed by atoms with Gasteiger partial charge in [-0.25, -0.2) is 0 Å². The Morgan fingerprint density at radius 3 is 2.17 bits per heavy atom. The van der Waals surface area contributed by atoms with E-state index in [9.17, 15) is 9.90 Å². The first-order valence-electron chi connectivity index (χ1n) is 13.6. The molecule has 0 aliphatic rings. The zero-order valence-electron chi connectivity index (χ0n) is 24.3. The van der Waals surface area contributed by atoms with Crippen LogP contribution in [-0.2, 0) is 11.4 Å². The third-order valence-corrected chi connectivity index (χ3v) is 6.43. The average Bonchev–Trinajstić information content (AvgIpc) is 2.90. The fraction of sp³-hybridized carbons (Fsp3) is 0.324. The van der Waals surface area contributed by atoms with Gasteiger partial charge >= 0.3 is 0 Å². The summed E-state index contributed by atoms with van der Waals surface area (Å²) < 4.78 is 24.4. The summed E-state index contributed by atoms with van der Waals surface area (Å²) in [6.45, 7) is 11.5. The highest BCUT2D eigenvalue weighted by molar-refractivity contribution is 6.06. The minimum absolute atomic E-state index is 0.103. The maximum absolute atomic E-state index is 12.5. The van der Waals surface area contributed by atoms with Crippen molar-refractivity contribution >= 4 is 16.6 Å². The number of ketones is 1. The minimum atomic E-state index is -1.36. The van der Waals surface area contributed by atoms with Crippen molar-refractivity contribution in [1.29, 1.82) is 0 Å². The zero-order chi connectivity index (χ0) is 29.0. The maximum atomic E-state index is 12.5. The molecule has 1 N–H and O–H groups in total. The third kappa shape index (κ3) is 6.40. The van der Waals surface area contributed by atoms with Gasteiger partial charge in [0.2, 0.25) is 0 Å². The molecule has 1 atom stereocenters. The lowest BCUT2D eigenvalue weighted by Gasteiger charge is -2.24. The Morgan fingerprint density at radius 1 is 0.850 bits per heavy atom. The highest BCUT2D eigenvalue weighted by atomic mass is 16.5. The molecule has 6 heteroatoms. The van der Waals surface area contributed by atoms with E-state index >= 15 is 0 Å². The van der Waals surface area contributed by atoms with Crippen LogP contribution in [0.2, 0.25) is 0 Å². The average molecular weight is 543 g/mol. The predicted molar refractivity (Wildman–Crippen MR) is 159 cm³/mol. The lowest BCUT2D eigenvalue weighted by atomic mass is 9.89. The number of Topliss-reactive ketones (excluding diaryl/α,β-unsaturated/α-hetero) is 1. The molecule has 0 aromatic heterocycles. The Balaban J connectivity index is 2.01. The van der Waals surface area contributed by atoms with Gasteiger partial charge in [0.1, 0.15) is 35.7 Å². The van der Waals surface area contributed by atoms with E-state index in [4.69, 9.17) is 18.9 Å². The summed E-state index contributed by atoms with van der Waals surface area (Å²) in [5.41, 5.74) is 3.86. The summed E-state index contributed by atoms with van der Waals surface area (Å²) in [6.07, 6.45) is -1.63. The van der Waals surface area contributed by atoms with E-state index in [1.54, 1.807) is 13.2 Å². The van der Waals surface area contributed by atoms with E-state index in [0.717, 1.165) is 27.5 Å². The van der Waals surface area contributed by atoms with Crippen molar-refractivity contribution < 1.29 is 28.8 Å². The number of hydrogen-bond acceptors (Lipinski definition) is 6. The quantitative estimate of drug-likeness (QED) is 0.210. The first-order chi connectivity index (χ1) is 19.1. The number of aryl methyl sites for hydroxylation is 1. The topological polar surface area (TPSA) is 74.2 Å². The van der Waals surface area contributed by atoms with Crippen LogP contribution < -0.4 is 18.9 Å². The third-order valence-electron chi connectivity index (χ3n) is 6.43. The summed E-state index contributed by atoms with van der Waals surface area (Å²) in [6, 6.07) is 21.4. The Morgan fingerprint density at radius 2 is 1.55 bits per heavy atom. The monoisotopic (exact) mass is 542 g/mol. The van der Waals surface area contributed by atoms with Gasteiger partial charge in [-0.05, 0) is 87.9 Å². The molecule has 0 saturated carbocycles. The first kappa shape index (κ1) is 29.0. The molecule has 0 saturated heterocycles. The molecule has 4 aromatic rings. The molecule has 0 fully saturated rings. The van der Waals surface area contributed by atoms with Gasteiger partial charge in [0.25, 0.3) is 0 Å². The molecular weight excluding hydrogens is 504 g/mol. The van der Waals surface area contributed by atoms with Crippen LogP contribution >= 0.6 is 0 Å². The molecule has 0 radical (unpaired) electrons. The summed E-state index contributed by atoms with van der Waals surface area (Å²) in [4.78, 5) is 12.5. The van der Waals surface area contributed by atoms with Crippen LogP contribution in [0.4, 0.5) is 0 Å². The largest absolute Gasteiger partial charge is 0.496 e. The second kappa shape index (κ2) is 12.4. The number of methoxy groups -OCH3 is 1. The molecule has 4 aromatic carbocycles. The molecule has 0 unspecified atom stereocenters. The highest BCUT2D eigenvalue weighted by Gasteiger charge is 2.26. The molecule has 0 spiro atoms. The van der Waals surface area contributed by atoms with E-state index in [0.29, 0.717) is 40.7 Å². The van der Waals surface area contributed by atoms with Crippen molar-refractivity contribution in [2.45, 2.75) is 66.5 Å². The normalized spacial score (nSPS) is 12.1. The maximum Gasteiger partial charge on any atom is 0.162 e. The number of aliphatic hydroxyl groups is 1. The van der Waals surface area contributed by atoms with Crippen molar-refractivity contribution in [3.05, 3.63) is 83.4 Å². The van der Waals surface area contributed by atoms with Gasteiger partial charge in [0.05, 0.1) is 24.7 Å². The fourth-order valence-corrected chi connectivity index (χ4v) is 4.81. The second-order valence-corrected chi connectivity index (χ2v) is 10.5. The standard InChI is InChI=1S/C34H38O6/c1-20(2)39-25-17-28(34(36)23(6)35)32(31(18-25)40-21(3)4)26-13-14-29(38-19-24-11-9-8-10-12-24)33-27(26)15-22(5)16-30(33)37-7/h8-18,20-21,34,36H,19H2,1-7H3/t34-/m1/s1. The molecule has 40 heavy (non-hydrogen) atoms. The van der Waals surface area contributed by atoms with Crippen LogP contribution in [0.3, 0.4) is 0 Å². The summed E-state index contributed by atoms with van der Waals surface area (Å²) in [7, 11) is 1.64. The van der Waals surface area contributed by atoms with Gasteiger partial charge in [0, 0.05) is 17.2 Å². The Hall–Kier alpha value is -4.03. The summed E-state index contributed by atoms with van der Waals surface area (Å²) >= 11 is 0.